The van der Waals surface area contributed by atoms with Crippen LogP contribution in [0.15, 0.2) is 23.1 Å². The van der Waals surface area contributed by atoms with Crippen LogP contribution in [0.2, 0.25) is 0 Å². The van der Waals surface area contributed by atoms with Crippen LogP contribution in [0.5, 0.6) is 5.75 Å². The average molecular weight is 381 g/mol. The molecule has 2 saturated heterocycles. The molecular formula is C18H27N3O4S. The molecule has 2 fully saturated rings. The van der Waals surface area contributed by atoms with Gasteiger partial charge in [0, 0.05) is 19.6 Å². The molecule has 1 N–H and O–H groups in total. The van der Waals surface area contributed by atoms with Gasteiger partial charge < -0.3 is 15.0 Å². The molecule has 1 atom stereocenters. The number of rotatable bonds is 5. The predicted octanol–water partition coefficient (Wildman–Crippen LogP) is 1.76. The van der Waals surface area contributed by atoms with Gasteiger partial charge in [-0.1, -0.05) is 0 Å². The second-order valence-electron chi connectivity index (χ2n) is 7.06. The maximum absolute atomic E-state index is 12.8. The number of sulfonamides is 1. The van der Waals surface area contributed by atoms with E-state index >= 15 is 0 Å². The van der Waals surface area contributed by atoms with Crippen LogP contribution in [0.4, 0.5) is 5.69 Å². The number of nitrogens with zero attached hydrogens (tertiary/aromatic N) is 2. The van der Waals surface area contributed by atoms with E-state index in [9.17, 15) is 13.2 Å². The Morgan fingerprint density at radius 2 is 1.92 bits per heavy atom. The first-order chi connectivity index (χ1) is 12.4. The Morgan fingerprint density at radius 3 is 2.58 bits per heavy atom. The number of hydrogen-bond donors (Lipinski definition) is 1. The third kappa shape index (κ3) is 4.02. The van der Waals surface area contributed by atoms with E-state index in [1.54, 1.807) is 6.07 Å². The number of piperidine rings is 1. The quantitative estimate of drug-likeness (QED) is 0.841. The number of carbonyl (C=O) groups is 1. The third-order valence-corrected chi connectivity index (χ3v) is 7.02. The van der Waals surface area contributed by atoms with Crippen LogP contribution in [0, 0.1) is 5.92 Å². The van der Waals surface area contributed by atoms with E-state index in [0.717, 1.165) is 32.2 Å². The van der Waals surface area contributed by atoms with Crippen molar-refractivity contribution in [3.8, 4) is 5.75 Å². The van der Waals surface area contributed by atoms with Crippen molar-refractivity contribution in [1.82, 2.24) is 9.21 Å². The molecule has 8 heteroatoms. The number of anilines is 1. The highest BCUT2D eigenvalue weighted by atomic mass is 32.2. The highest BCUT2D eigenvalue weighted by molar-refractivity contribution is 7.89. The second-order valence-corrected chi connectivity index (χ2v) is 9.00. The summed E-state index contributed by atoms with van der Waals surface area (Å²) in [5, 5.41) is 2.88. The highest BCUT2D eigenvalue weighted by Crippen LogP contribution is 2.31. The Balaban J connectivity index is 1.82. The smallest absolute Gasteiger partial charge is 0.243 e. The number of ether oxygens (including phenoxy) is 1. The van der Waals surface area contributed by atoms with E-state index < -0.39 is 10.0 Å². The number of benzene rings is 1. The van der Waals surface area contributed by atoms with E-state index in [4.69, 9.17) is 4.74 Å². The van der Waals surface area contributed by atoms with Gasteiger partial charge in [-0.05, 0) is 57.5 Å². The predicted molar refractivity (Wildman–Crippen MR) is 99.8 cm³/mol. The summed E-state index contributed by atoms with van der Waals surface area (Å²) in [4.78, 5) is 15.0. The molecule has 1 aromatic rings. The lowest BCUT2D eigenvalue weighted by atomic mass is 9.97. The minimum Gasteiger partial charge on any atom is -0.495 e. The Labute approximate surface area is 155 Å². The topological polar surface area (TPSA) is 79.0 Å². The number of amides is 1. The normalized spacial score (nSPS) is 22.3. The van der Waals surface area contributed by atoms with Crippen LogP contribution in [0.1, 0.15) is 25.7 Å². The summed E-state index contributed by atoms with van der Waals surface area (Å²) in [5.74, 6) is 0.269. The molecule has 3 rings (SSSR count). The first-order valence-electron chi connectivity index (χ1n) is 9.09. The van der Waals surface area contributed by atoms with Crippen LogP contribution in [-0.4, -0.2) is 63.9 Å². The Bertz CT molecular complexity index is 760. The number of carbonyl (C=O) groups excluding carboxylic acids is 1. The number of hydrogen-bond acceptors (Lipinski definition) is 5. The summed E-state index contributed by atoms with van der Waals surface area (Å²) in [6, 6.07) is 4.65. The lowest BCUT2D eigenvalue weighted by molar-refractivity contribution is -0.121. The molecular weight excluding hydrogens is 354 g/mol. The molecule has 0 bridgehead atoms. The Kier molecular flexibility index (Phi) is 5.84. The minimum absolute atomic E-state index is 0.0921. The van der Waals surface area contributed by atoms with Crippen molar-refractivity contribution < 1.29 is 17.9 Å². The third-order valence-electron chi connectivity index (χ3n) is 5.13. The van der Waals surface area contributed by atoms with Crippen molar-refractivity contribution in [1.29, 1.82) is 0 Å². The Morgan fingerprint density at radius 1 is 1.19 bits per heavy atom. The number of methoxy groups -OCH3 is 1. The summed E-state index contributed by atoms with van der Waals surface area (Å²) < 4.78 is 32.4. The molecule has 0 aromatic heterocycles. The van der Waals surface area contributed by atoms with Crippen molar-refractivity contribution in [3.05, 3.63) is 18.2 Å². The van der Waals surface area contributed by atoms with Crippen LogP contribution in [-0.2, 0) is 14.8 Å². The summed E-state index contributed by atoms with van der Waals surface area (Å²) in [5.41, 5.74) is 0.408. The van der Waals surface area contributed by atoms with E-state index in [0.29, 0.717) is 31.1 Å². The standard InChI is InChI=1S/C18H27N3O4S/c1-20-9-5-6-14(13-20)18(22)19-16-12-15(7-8-17(16)25-2)26(23,24)21-10-3-4-11-21/h7-8,12,14H,3-6,9-11,13H2,1-2H3,(H,19,22). The van der Waals surface area contributed by atoms with Gasteiger partial charge in [0.2, 0.25) is 15.9 Å². The molecule has 0 radical (unpaired) electrons. The maximum atomic E-state index is 12.8. The fourth-order valence-electron chi connectivity index (χ4n) is 3.64. The molecule has 26 heavy (non-hydrogen) atoms. The van der Waals surface area contributed by atoms with Gasteiger partial charge in [0.05, 0.1) is 23.6 Å². The van der Waals surface area contributed by atoms with E-state index in [1.165, 1.54) is 23.5 Å². The zero-order valence-electron chi connectivity index (χ0n) is 15.4. The van der Waals surface area contributed by atoms with Gasteiger partial charge in [0.1, 0.15) is 5.75 Å². The largest absolute Gasteiger partial charge is 0.495 e. The van der Waals surface area contributed by atoms with Crippen molar-refractivity contribution in [3.63, 3.8) is 0 Å². The Hall–Kier alpha value is -1.64. The summed E-state index contributed by atoms with van der Waals surface area (Å²) >= 11 is 0. The van der Waals surface area contributed by atoms with Gasteiger partial charge >= 0.3 is 0 Å². The zero-order valence-corrected chi connectivity index (χ0v) is 16.2. The van der Waals surface area contributed by atoms with Crippen molar-refractivity contribution >= 4 is 21.6 Å². The molecule has 2 aliphatic rings. The van der Waals surface area contributed by atoms with Crippen LogP contribution < -0.4 is 10.1 Å². The van der Waals surface area contributed by atoms with Gasteiger partial charge in [-0.3, -0.25) is 4.79 Å². The van der Waals surface area contributed by atoms with Gasteiger partial charge in [-0.2, -0.15) is 4.31 Å². The number of likely N-dealkylation sites (tertiary alicyclic amines) is 1. The lowest BCUT2D eigenvalue weighted by Crippen LogP contribution is -2.38. The van der Waals surface area contributed by atoms with Gasteiger partial charge in [0.25, 0.3) is 0 Å². The highest BCUT2D eigenvalue weighted by Gasteiger charge is 2.29. The van der Waals surface area contributed by atoms with Crippen LogP contribution >= 0.6 is 0 Å². The van der Waals surface area contributed by atoms with Gasteiger partial charge in [-0.25, -0.2) is 8.42 Å². The average Bonchev–Trinajstić information content (AvgIpc) is 3.17. The van der Waals surface area contributed by atoms with Gasteiger partial charge in [-0.15, -0.1) is 0 Å². The lowest BCUT2D eigenvalue weighted by Gasteiger charge is -2.29. The molecule has 2 aliphatic heterocycles. The summed E-state index contributed by atoms with van der Waals surface area (Å²) in [6.07, 6.45) is 3.59. The van der Waals surface area contributed by atoms with Crippen LogP contribution in [0.25, 0.3) is 0 Å². The number of nitrogens with one attached hydrogen (secondary N) is 1. The summed E-state index contributed by atoms with van der Waals surface area (Å²) in [6.45, 7) is 2.80. The monoisotopic (exact) mass is 381 g/mol. The molecule has 144 valence electrons. The van der Waals surface area contributed by atoms with E-state index in [2.05, 4.69) is 10.2 Å². The maximum Gasteiger partial charge on any atom is 0.243 e. The van der Waals surface area contributed by atoms with Crippen molar-refractivity contribution in [2.75, 3.05) is 45.7 Å². The molecule has 1 aromatic carbocycles. The van der Waals surface area contributed by atoms with Crippen LogP contribution in [0.3, 0.4) is 0 Å². The first kappa shape index (κ1) is 19.1. The fraction of sp³-hybridized carbons (Fsp3) is 0.611. The van der Waals surface area contributed by atoms with Gasteiger partial charge in [0.15, 0.2) is 0 Å². The molecule has 2 heterocycles. The molecule has 0 spiro atoms. The first-order valence-corrected chi connectivity index (χ1v) is 10.5. The summed E-state index contributed by atoms with van der Waals surface area (Å²) in [7, 11) is -0.0262. The van der Waals surface area contributed by atoms with E-state index in [-0.39, 0.29) is 16.7 Å². The van der Waals surface area contributed by atoms with E-state index in [1.807, 2.05) is 7.05 Å². The minimum atomic E-state index is -3.54. The molecule has 7 nitrogen and oxygen atoms in total. The van der Waals surface area contributed by atoms with Crippen molar-refractivity contribution in [2.45, 2.75) is 30.6 Å². The molecule has 1 unspecified atom stereocenters. The van der Waals surface area contributed by atoms with Crippen molar-refractivity contribution in [2.24, 2.45) is 5.92 Å². The molecule has 0 aliphatic carbocycles. The zero-order chi connectivity index (χ0) is 18.7. The SMILES string of the molecule is COc1ccc(S(=O)(=O)N2CCCC2)cc1NC(=O)C1CCCN(C)C1. The molecule has 0 saturated carbocycles. The second kappa shape index (κ2) is 7.94. The molecule has 1 amide bonds. The fourth-order valence-corrected chi connectivity index (χ4v) is 5.18.